The number of aromatic hydroxyl groups is 1. The monoisotopic (exact) mass is 286 g/mol. The molecule has 6 heteroatoms. The molecule has 5 nitrogen and oxygen atoms in total. The summed E-state index contributed by atoms with van der Waals surface area (Å²) in [4.78, 5) is 0. The minimum absolute atomic E-state index is 0.0272. The fourth-order valence-electron chi connectivity index (χ4n) is 2.15. The summed E-state index contributed by atoms with van der Waals surface area (Å²) in [6.45, 7) is 0.134. The van der Waals surface area contributed by atoms with Crippen molar-refractivity contribution in [3.63, 3.8) is 0 Å². The van der Waals surface area contributed by atoms with E-state index in [2.05, 4.69) is 0 Å². The van der Waals surface area contributed by atoms with Gasteiger partial charge in [-0.15, -0.1) is 0 Å². The van der Waals surface area contributed by atoms with Gasteiger partial charge >= 0.3 is 0 Å². The van der Waals surface area contributed by atoms with Gasteiger partial charge < -0.3 is 14.9 Å². The number of rotatable bonds is 4. The second-order valence-corrected chi connectivity index (χ2v) is 7.17. The van der Waals surface area contributed by atoms with Crippen molar-refractivity contribution in [1.82, 2.24) is 0 Å². The van der Waals surface area contributed by atoms with Crippen molar-refractivity contribution in [1.29, 1.82) is 0 Å². The maximum Gasteiger partial charge on any atom is 0.150 e. The van der Waals surface area contributed by atoms with Gasteiger partial charge in [0.05, 0.1) is 17.6 Å². The van der Waals surface area contributed by atoms with E-state index in [0.717, 1.165) is 0 Å². The van der Waals surface area contributed by atoms with Crippen LogP contribution in [0.3, 0.4) is 0 Å². The van der Waals surface area contributed by atoms with Gasteiger partial charge in [0, 0.05) is 0 Å². The van der Waals surface area contributed by atoms with Crippen molar-refractivity contribution in [2.75, 3.05) is 18.1 Å². The Labute approximate surface area is 112 Å². The van der Waals surface area contributed by atoms with Crippen molar-refractivity contribution in [2.45, 2.75) is 18.9 Å². The van der Waals surface area contributed by atoms with Crippen molar-refractivity contribution >= 4 is 9.84 Å². The molecule has 0 amide bonds. The van der Waals surface area contributed by atoms with Gasteiger partial charge in [-0.1, -0.05) is 0 Å². The first-order chi connectivity index (χ1) is 8.96. The molecule has 1 aromatic rings. The summed E-state index contributed by atoms with van der Waals surface area (Å²) in [7, 11) is -2.90. The number of phenols is 1. The number of hydrogen-bond acceptors (Lipinski definition) is 5. The summed E-state index contributed by atoms with van der Waals surface area (Å²) in [5.41, 5.74) is 0. The van der Waals surface area contributed by atoms with Crippen molar-refractivity contribution < 1.29 is 23.4 Å². The summed E-state index contributed by atoms with van der Waals surface area (Å²) in [5.74, 6) is 0.994. The molecule has 2 rings (SSSR count). The first kappa shape index (κ1) is 14.1. The average molecular weight is 286 g/mol. The van der Waals surface area contributed by atoms with Crippen LogP contribution in [0.5, 0.6) is 11.5 Å². The van der Waals surface area contributed by atoms with Gasteiger partial charge in [-0.25, -0.2) is 8.42 Å². The first-order valence-corrected chi connectivity index (χ1v) is 8.09. The van der Waals surface area contributed by atoms with E-state index in [4.69, 9.17) is 9.84 Å². The van der Waals surface area contributed by atoms with Crippen LogP contribution in [0.15, 0.2) is 24.3 Å². The fourth-order valence-corrected chi connectivity index (χ4v) is 3.68. The third-order valence-corrected chi connectivity index (χ3v) is 5.12. The van der Waals surface area contributed by atoms with Gasteiger partial charge in [-0.3, -0.25) is 0 Å². The van der Waals surface area contributed by atoms with Gasteiger partial charge in [0.25, 0.3) is 0 Å². The maximum absolute atomic E-state index is 11.3. The van der Waals surface area contributed by atoms with E-state index in [-0.39, 0.29) is 29.8 Å². The fraction of sp³-hybridized carbons (Fsp3) is 0.538. The van der Waals surface area contributed by atoms with Crippen LogP contribution in [-0.4, -0.2) is 42.8 Å². The molecule has 106 valence electrons. The lowest BCUT2D eigenvalue weighted by Crippen LogP contribution is -2.34. The lowest BCUT2D eigenvalue weighted by atomic mass is 9.96. The topological polar surface area (TPSA) is 83.8 Å². The molecule has 0 bridgehead atoms. The van der Waals surface area contributed by atoms with Crippen LogP contribution in [0.1, 0.15) is 12.8 Å². The Morgan fingerprint density at radius 3 is 2.37 bits per heavy atom. The molecule has 0 spiro atoms. The Kier molecular flexibility index (Phi) is 4.31. The van der Waals surface area contributed by atoms with Gasteiger partial charge in [-0.2, -0.15) is 0 Å². The van der Waals surface area contributed by atoms with Crippen LogP contribution >= 0.6 is 0 Å². The van der Waals surface area contributed by atoms with Crippen LogP contribution in [0, 0.1) is 5.92 Å². The molecule has 0 saturated carbocycles. The number of aliphatic hydroxyl groups excluding tert-OH is 1. The zero-order valence-corrected chi connectivity index (χ0v) is 11.3. The van der Waals surface area contributed by atoms with Crippen LogP contribution < -0.4 is 4.74 Å². The molecule has 1 aliphatic rings. The van der Waals surface area contributed by atoms with Gasteiger partial charge in [0.1, 0.15) is 27.9 Å². The predicted octanol–water partition coefficient (Wildman–Crippen LogP) is 0.957. The van der Waals surface area contributed by atoms with E-state index in [1.165, 1.54) is 12.1 Å². The largest absolute Gasteiger partial charge is 0.508 e. The average Bonchev–Trinajstić information content (AvgIpc) is 2.37. The maximum atomic E-state index is 11.3. The van der Waals surface area contributed by atoms with E-state index in [1.54, 1.807) is 12.1 Å². The molecule has 2 N–H and O–H groups in total. The lowest BCUT2D eigenvalue weighted by molar-refractivity contribution is 0.0528. The molecule has 0 radical (unpaired) electrons. The quantitative estimate of drug-likeness (QED) is 0.861. The van der Waals surface area contributed by atoms with E-state index >= 15 is 0 Å². The van der Waals surface area contributed by atoms with E-state index in [0.29, 0.717) is 18.6 Å². The van der Waals surface area contributed by atoms with Crippen molar-refractivity contribution in [2.24, 2.45) is 5.92 Å². The standard InChI is InChI=1S/C13H18O5S/c14-11-1-3-12(4-2-11)18-9-13(15)10-5-7-19(16,17)8-6-10/h1-4,10,13-15H,5-9H2. The van der Waals surface area contributed by atoms with E-state index in [1.807, 2.05) is 0 Å². The molecule has 19 heavy (non-hydrogen) atoms. The van der Waals surface area contributed by atoms with Crippen LogP contribution in [0.2, 0.25) is 0 Å². The number of hydrogen-bond donors (Lipinski definition) is 2. The van der Waals surface area contributed by atoms with Crippen LogP contribution in [0.4, 0.5) is 0 Å². The minimum Gasteiger partial charge on any atom is -0.508 e. The summed E-state index contributed by atoms with van der Waals surface area (Å²) < 4.78 is 28.0. The molecule has 1 aromatic carbocycles. The summed E-state index contributed by atoms with van der Waals surface area (Å²) >= 11 is 0. The molecule has 0 aliphatic carbocycles. The van der Waals surface area contributed by atoms with Gasteiger partial charge in [0.2, 0.25) is 0 Å². The molecule has 1 heterocycles. The number of aliphatic hydroxyl groups is 1. The lowest BCUT2D eigenvalue weighted by Gasteiger charge is -2.26. The number of benzene rings is 1. The van der Waals surface area contributed by atoms with Crippen molar-refractivity contribution in [3.8, 4) is 11.5 Å². The van der Waals surface area contributed by atoms with E-state index in [9.17, 15) is 13.5 Å². The zero-order valence-electron chi connectivity index (χ0n) is 10.5. The molecule has 0 aromatic heterocycles. The Morgan fingerprint density at radius 2 is 1.79 bits per heavy atom. The highest BCUT2D eigenvalue weighted by Crippen LogP contribution is 2.23. The summed E-state index contributed by atoms with van der Waals surface area (Å²) in [6.07, 6.45) is 0.314. The summed E-state index contributed by atoms with van der Waals surface area (Å²) in [6, 6.07) is 6.25. The molecule has 1 saturated heterocycles. The highest BCUT2D eigenvalue weighted by atomic mass is 32.2. The van der Waals surface area contributed by atoms with Crippen LogP contribution in [-0.2, 0) is 9.84 Å². The normalized spacial score (nSPS) is 20.9. The third-order valence-electron chi connectivity index (χ3n) is 3.40. The smallest absolute Gasteiger partial charge is 0.150 e. The van der Waals surface area contributed by atoms with E-state index < -0.39 is 15.9 Å². The Hall–Kier alpha value is -1.27. The molecular formula is C13H18O5S. The van der Waals surface area contributed by atoms with Gasteiger partial charge in [0.15, 0.2) is 0 Å². The Balaban J connectivity index is 1.81. The Bertz CT molecular complexity index is 494. The highest BCUT2D eigenvalue weighted by Gasteiger charge is 2.28. The number of sulfone groups is 1. The molecular weight excluding hydrogens is 268 g/mol. The molecule has 1 aliphatic heterocycles. The second-order valence-electron chi connectivity index (χ2n) is 4.86. The van der Waals surface area contributed by atoms with Gasteiger partial charge in [-0.05, 0) is 43.0 Å². The first-order valence-electron chi connectivity index (χ1n) is 6.26. The predicted molar refractivity (Wildman–Crippen MR) is 71.0 cm³/mol. The van der Waals surface area contributed by atoms with Crippen molar-refractivity contribution in [3.05, 3.63) is 24.3 Å². The minimum atomic E-state index is -2.90. The number of ether oxygens (including phenoxy) is 1. The molecule has 1 fully saturated rings. The summed E-state index contributed by atoms with van der Waals surface area (Å²) in [5, 5.41) is 19.1. The second kappa shape index (κ2) is 5.79. The Morgan fingerprint density at radius 1 is 1.21 bits per heavy atom. The van der Waals surface area contributed by atoms with Crippen LogP contribution in [0.25, 0.3) is 0 Å². The highest BCUT2D eigenvalue weighted by molar-refractivity contribution is 7.91. The SMILES string of the molecule is O=S1(=O)CCC(C(O)COc2ccc(O)cc2)CC1. The number of phenolic OH excluding ortho intramolecular Hbond substituents is 1. The third kappa shape index (κ3) is 4.11. The molecule has 1 unspecified atom stereocenters. The molecule has 1 atom stereocenters. The zero-order chi connectivity index (χ0) is 13.9.